The molecule has 0 amide bonds. The quantitative estimate of drug-likeness (QED) is 0.905. The van der Waals surface area contributed by atoms with Gasteiger partial charge in [0.25, 0.3) is 0 Å². The Kier molecular flexibility index (Phi) is 3.59. The predicted octanol–water partition coefficient (Wildman–Crippen LogP) is 2.27. The van der Waals surface area contributed by atoms with Crippen molar-refractivity contribution in [2.45, 2.75) is 27.3 Å². The summed E-state index contributed by atoms with van der Waals surface area (Å²) in [5.41, 5.74) is 4.51. The monoisotopic (exact) mass is 250 g/mol. The first kappa shape index (κ1) is 12.3. The Morgan fingerprint density at radius 3 is 2.76 bits per heavy atom. The van der Waals surface area contributed by atoms with E-state index in [1.165, 1.54) is 11.3 Å². The van der Waals surface area contributed by atoms with Gasteiger partial charge in [0.2, 0.25) is 0 Å². The van der Waals surface area contributed by atoms with Crippen molar-refractivity contribution >= 4 is 11.3 Å². The van der Waals surface area contributed by atoms with Gasteiger partial charge in [0, 0.05) is 24.7 Å². The molecular formula is C12H18N4S. The van der Waals surface area contributed by atoms with Gasteiger partial charge in [-0.2, -0.15) is 5.10 Å². The molecule has 0 aliphatic carbocycles. The molecule has 0 spiro atoms. The highest BCUT2D eigenvalue weighted by atomic mass is 32.1. The van der Waals surface area contributed by atoms with E-state index in [9.17, 15) is 0 Å². The van der Waals surface area contributed by atoms with Crippen LogP contribution in [0.2, 0.25) is 0 Å². The lowest BCUT2D eigenvalue weighted by Crippen LogP contribution is -2.11. The number of aryl methyl sites for hydroxylation is 2. The third-order valence-corrected chi connectivity index (χ3v) is 3.74. The zero-order valence-electron chi connectivity index (χ0n) is 10.7. The standard InChI is InChI=1S/C12H18N4S/c1-5-13-6-10-7-17-12(14-10)11-8(2)15-16(4)9(11)3/h7,13H,5-6H2,1-4H3. The van der Waals surface area contributed by atoms with Crippen LogP contribution in [-0.4, -0.2) is 21.3 Å². The van der Waals surface area contributed by atoms with Crippen LogP contribution < -0.4 is 5.32 Å². The summed E-state index contributed by atoms with van der Waals surface area (Å²) in [5, 5.41) is 10.9. The van der Waals surface area contributed by atoms with Gasteiger partial charge in [-0.25, -0.2) is 4.98 Å². The molecule has 17 heavy (non-hydrogen) atoms. The molecular weight excluding hydrogens is 232 g/mol. The molecule has 0 aliphatic rings. The predicted molar refractivity (Wildman–Crippen MR) is 71.2 cm³/mol. The van der Waals surface area contributed by atoms with Crippen molar-refractivity contribution in [2.75, 3.05) is 6.54 Å². The van der Waals surface area contributed by atoms with Crippen molar-refractivity contribution < 1.29 is 0 Å². The van der Waals surface area contributed by atoms with Crippen molar-refractivity contribution in [3.63, 3.8) is 0 Å². The van der Waals surface area contributed by atoms with E-state index in [0.717, 1.165) is 29.5 Å². The maximum Gasteiger partial charge on any atom is 0.127 e. The average molecular weight is 250 g/mol. The molecule has 0 radical (unpaired) electrons. The second-order valence-corrected chi connectivity index (χ2v) is 4.95. The van der Waals surface area contributed by atoms with Crippen LogP contribution in [0.25, 0.3) is 10.6 Å². The topological polar surface area (TPSA) is 42.7 Å². The number of thiazole rings is 1. The Bertz CT molecular complexity index is 513. The number of aromatic nitrogens is 3. The lowest BCUT2D eigenvalue weighted by Gasteiger charge is -1.98. The molecule has 0 atom stereocenters. The van der Waals surface area contributed by atoms with Crippen molar-refractivity contribution in [1.29, 1.82) is 0 Å². The molecule has 0 aliphatic heterocycles. The molecule has 0 fully saturated rings. The first-order chi connectivity index (χ1) is 8.13. The highest BCUT2D eigenvalue weighted by Crippen LogP contribution is 2.29. The first-order valence-electron chi connectivity index (χ1n) is 5.79. The van der Waals surface area contributed by atoms with Gasteiger partial charge < -0.3 is 5.32 Å². The fraction of sp³-hybridized carbons (Fsp3) is 0.500. The fourth-order valence-corrected chi connectivity index (χ4v) is 2.81. The van der Waals surface area contributed by atoms with E-state index in [0.29, 0.717) is 0 Å². The Hall–Kier alpha value is -1.20. The third kappa shape index (κ3) is 2.40. The Morgan fingerprint density at radius 2 is 2.18 bits per heavy atom. The van der Waals surface area contributed by atoms with Crippen LogP contribution in [0.15, 0.2) is 5.38 Å². The van der Waals surface area contributed by atoms with Crippen molar-refractivity contribution in [2.24, 2.45) is 7.05 Å². The summed E-state index contributed by atoms with van der Waals surface area (Å²) in [6, 6.07) is 0. The van der Waals surface area contributed by atoms with Gasteiger partial charge in [0.15, 0.2) is 0 Å². The molecule has 0 unspecified atom stereocenters. The highest BCUT2D eigenvalue weighted by Gasteiger charge is 2.14. The van der Waals surface area contributed by atoms with Crippen LogP contribution in [0.3, 0.4) is 0 Å². The smallest absolute Gasteiger partial charge is 0.127 e. The second kappa shape index (κ2) is 4.98. The molecule has 2 rings (SSSR count). The fourth-order valence-electron chi connectivity index (χ4n) is 1.84. The SMILES string of the molecule is CCNCc1csc(-c2c(C)nn(C)c2C)n1. The van der Waals surface area contributed by atoms with E-state index in [2.05, 4.69) is 34.6 Å². The van der Waals surface area contributed by atoms with Crippen LogP contribution in [0.5, 0.6) is 0 Å². The minimum atomic E-state index is 0.839. The molecule has 1 N–H and O–H groups in total. The van der Waals surface area contributed by atoms with Crippen LogP contribution in [0.1, 0.15) is 24.0 Å². The summed E-state index contributed by atoms with van der Waals surface area (Å²) in [7, 11) is 1.97. The van der Waals surface area contributed by atoms with Gasteiger partial charge in [-0.15, -0.1) is 11.3 Å². The van der Waals surface area contributed by atoms with Gasteiger partial charge >= 0.3 is 0 Å². The number of rotatable bonds is 4. The Morgan fingerprint density at radius 1 is 1.41 bits per heavy atom. The number of hydrogen-bond donors (Lipinski definition) is 1. The minimum Gasteiger partial charge on any atom is -0.311 e. The maximum absolute atomic E-state index is 4.66. The molecule has 0 aromatic carbocycles. The van der Waals surface area contributed by atoms with Crippen LogP contribution in [-0.2, 0) is 13.6 Å². The number of hydrogen-bond acceptors (Lipinski definition) is 4. The molecule has 92 valence electrons. The lowest BCUT2D eigenvalue weighted by atomic mass is 10.2. The number of nitrogens with one attached hydrogen (secondary N) is 1. The van der Waals surface area contributed by atoms with E-state index in [1.807, 2.05) is 18.7 Å². The number of nitrogens with zero attached hydrogens (tertiary/aromatic N) is 3. The van der Waals surface area contributed by atoms with Gasteiger partial charge in [-0.1, -0.05) is 6.92 Å². The molecule has 5 heteroatoms. The molecule has 0 saturated carbocycles. The van der Waals surface area contributed by atoms with Gasteiger partial charge in [-0.3, -0.25) is 4.68 Å². The highest BCUT2D eigenvalue weighted by molar-refractivity contribution is 7.13. The summed E-state index contributed by atoms with van der Waals surface area (Å²) >= 11 is 1.69. The van der Waals surface area contributed by atoms with Crippen LogP contribution >= 0.6 is 11.3 Å². The normalized spacial score (nSPS) is 11.1. The lowest BCUT2D eigenvalue weighted by molar-refractivity contribution is 0.714. The van der Waals surface area contributed by atoms with E-state index >= 15 is 0 Å². The second-order valence-electron chi connectivity index (χ2n) is 4.09. The van der Waals surface area contributed by atoms with E-state index in [4.69, 9.17) is 0 Å². The molecule has 0 bridgehead atoms. The minimum absolute atomic E-state index is 0.839. The van der Waals surface area contributed by atoms with Crippen molar-refractivity contribution in [1.82, 2.24) is 20.1 Å². The summed E-state index contributed by atoms with van der Waals surface area (Å²) in [6.45, 7) is 8.03. The van der Waals surface area contributed by atoms with Gasteiger partial charge in [0.05, 0.1) is 17.0 Å². The average Bonchev–Trinajstić information content (AvgIpc) is 2.83. The molecule has 0 saturated heterocycles. The van der Waals surface area contributed by atoms with E-state index < -0.39 is 0 Å². The summed E-state index contributed by atoms with van der Waals surface area (Å²) in [5.74, 6) is 0. The molecule has 4 nitrogen and oxygen atoms in total. The molecule has 2 heterocycles. The van der Waals surface area contributed by atoms with Crippen LogP contribution in [0.4, 0.5) is 0 Å². The van der Waals surface area contributed by atoms with E-state index in [-0.39, 0.29) is 0 Å². The van der Waals surface area contributed by atoms with Gasteiger partial charge in [-0.05, 0) is 20.4 Å². The van der Waals surface area contributed by atoms with Gasteiger partial charge in [0.1, 0.15) is 5.01 Å². The third-order valence-electron chi connectivity index (χ3n) is 2.83. The summed E-state index contributed by atoms with van der Waals surface area (Å²) in [6.07, 6.45) is 0. The molecule has 2 aromatic heterocycles. The maximum atomic E-state index is 4.66. The largest absolute Gasteiger partial charge is 0.311 e. The Balaban J connectivity index is 2.30. The van der Waals surface area contributed by atoms with Crippen molar-refractivity contribution in [3.05, 3.63) is 22.5 Å². The zero-order valence-corrected chi connectivity index (χ0v) is 11.6. The molecule has 2 aromatic rings. The summed E-state index contributed by atoms with van der Waals surface area (Å²) in [4.78, 5) is 4.66. The van der Waals surface area contributed by atoms with Crippen LogP contribution in [0, 0.1) is 13.8 Å². The Labute approximate surface area is 106 Å². The van der Waals surface area contributed by atoms with E-state index in [1.54, 1.807) is 11.3 Å². The first-order valence-corrected chi connectivity index (χ1v) is 6.67. The summed E-state index contributed by atoms with van der Waals surface area (Å²) < 4.78 is 1.91. The zero-order chi connectivity index (χ0) is 12.4. The van der Waals surface area contributed by atoms with Crippen molar-refractivity contribution in [3.8, 4) is 10.6 Å².